The van der Waals surface area contributed by atoms with Crippen molar-refractivity contribution in [1.29, 1.82) is 0 Å². The molecule has 9 heteroatoms. The Morgan fingerprint density at radius 1 is 1.44 bits per heavy atom. The molecule has 3 heterocycles. The first-order valence-corrected chi connectivity index (χ1v) is 10.0. The fourth-order valence-corrected chi connectivity index (χ4v) is 5.84. The van der Waals surface area contributed by atoms with Gasteiger partial charge < -0.3 is 14.4 Å². The number of carbonyl (C=O) groups excluding carboxylic acids is 1. The van der Waals surface area contributed by atoms with E-state index in [1.807, 2.05) is 13.8 Å². The highest BCUT2D eigenvalue weighted by Crippen LogP contribution is 2.44. The molecule has 0 unspecified atom stereocenters. The van der Waals surface area contributed by atoms with Gasteiger partial charge in [0.25, 0.3) is 0 Å². The van der Waals surface area contributed by atoms with Crippen LogP contribution >= 0.6 is 0 Å². The van der Waals surface area contributed by atoms with Crippen LogP contribution < -0.4 is 4.74 Å². The van der Waals surface area contributed by atoms with Crippen molar-refractivity contribution < 1.29 is 22.7 Å². The van der Waals surface area contributed by atoms with Gasteiger partial charge in [-0.3, -0.25) is 4.79 Å². The Bertz CT molecular complexity index is 746. The quantitative estimate of drug-likeness (QED) is 0.707. The third-order valence-electron chi connectivity index (χ3n) is 4.98. The number of sulfone groups is 1. The molecule has 138 valence electrons. The van der Waals surface area contributed by atoms with Crippen molar-refractivity contribution >= 4 is 15.7 Å². The zero-order valence-electron chi connectivity index (χ0n) is 14.5. The summed E-state index contributed by atoms with van der Waals surface area (Å²) < 4.78 is 35.0. The lowest BCUT2D eigenvalue weighted by Crippen LogP contribution is -2.69. The summed E-state index contributed by atoms with van der Waals surface area (Å²) in [5.41, 5.74) is 0.787. The standard InChI is InChI=1S/C16H23N3O5S/c1-3-23-9-14(20)19-10-16(11-19)13(5-7-25(16,21)22)8-24-15-17-6-4-12(2)18-15/h4,6,13H,3,5,7-11H2,1-2H3/t13-/m0/s1. The van der Waals surface area contributed by atoms with Crippen LogP contribution in [0.15, 0.2) is 12.3 Å². The summed E-state index contributed by atoms with van der Waals surface area (Å²) in [7, 11) is -3.25. The number of aromatic nitrogens is 2. The molecule has 2 saturated heterocycles. The molecule has 2 aliphatic rings. The lowest BCUT2D eigenvalue weighted by molar-refractivity contribution is -0.142. The molecule has 8 nitrogen and oxygen atoms in total. The molecule has 2 aliphatic heterocycles. The number of ether oxygens (including phenoxy) is 2. The van der Waals surface area contributed by atoms with E-state index in [4.69, 9.17) is 9.47 Å². The Balaban J connectivity index is 1.65. The predicted molar refractivity (Wildman–Crippen MR) is 90.0 cm³/mol. The van der Waals surface area contributed by atoms with Gasteiger partial charge >= 0.3 is 6.01 Å². The second kappa shape index (κ2) is 6.87. The second-order valence-corrected chi connectivity index (χ2v) is 9.00. The average molecular weight is 369 g/mol. The molecule has 0 bridgehead atoms. The van der Waals surface area contributed by atoms with Gasteiger partial charge in [-0.25, -0.2) is 18.4 Å². The van der Waals surface area contributed by atoms with Crippen molar-refractivity contribution in [3.63, 3.8) is 0 Å². The number of aryl methyl sites for hydroxylation is 1. The molecule has 0 aliphatic carbocycles. The van der Waals surface area contributed by atoms with Crippen LogP contribution in [0.4, 0.5) is 0 Å². The molecule has 0 radical (unpaired) electrons. The van der Waals surface area contributed by atoms with E-state index in [9.17, 15) is 13.2 Å². The second-order valence-electron chi connectivity index (χ2n) is 6.55. The SMILES string of the molecule is CCOCC(=O)N1CC2(C1)[C@H](COc1nccc(C)n1)CCS2(=O)=O. The van der Waals surface area contributed by atoms with Crippen LogP contribution in [-0.4, -0.2) is 72.6 Å². The molecule has 1 spiro atoms. The molecule has 0 N–H and O–H groups in total. The van der Waals surface area contributed by atoms with E-state index in [-0.39, 0.29) is 49.9 Å². The van der Waals surface area contributed by atoms with Gasteiger partial charge in [0.1, 0.15) is 11.4 Å². The van der Waals surface area contributed by atoms with Gasteiger partial charge in [-0.05, 0) is 26.3 Å². The highest BCUT2D eigenvalue weighted by Gasteiger charge is 2.62. The molecule has 1 aromatic rings. The normalized spacial score (nSPS) is 23.4. The highest BCUT2D eigenvalue weighted by molar-refractivity contribution is 7.93. The third kappa shape index (κ3) is 3.35. The summed E-state index contributed by atoms with van der Waals surface area (Å²) in [6, 6.07) is 2.02. The molecule has 3 rings (SSSR count). The van der Waals surface area contributed by atoms with Gasteiger partial charge in [0.05, 0.1) is 12.4 Å². The summed E-state index contributed by atoms with van der Waals surface area (Å²) in [4.78, 5) is 21.8. The zero-order valence-corrected chi connectivity index (χ0v) is 15.3. The topological polar surface area (TPSA) is 98.7 Å². The van der Waals surface area contributed by atoms with Crippen LogP contribution in [0.25, 0.3) is 0 Å². The van der Waals surface area contributed by atoms with Crippen molar-refractivity contribution in [3.8, 4) is 6.01 Å². The molecule has 2 fully saturated rings. The first-order chi connectivity index (χ1) is 11.9. The Hall–Kier alpha value is -1.74. The molecule has 0 aromatic carbocycles. The summed E-state index contributed by atoms with van der Waals surface area (Å²) in [5.74, 6) is -0.211. The lowest BCUT2D eigenvalue weighted by atomic mass is 9.83. The number of amides is 1. The Morgan fingerprint density at radius 2 is 2.20 bits per heavy atom. The molecular weight excluding hydrogens is 346 g/mol. The number of likely N-dealkylation sites (tertiary alicyclic amines) is 1. The predicted octanol–water partition coefficient (Wildman–Crippen LogP) is 0.216. The molecular formula is C16H23N3O5S. The van der Waals surface area contributed by atoms with Crippen LogP contribution in [0, 0.1) is 12.8 Å². The van der Waals surface area contributed by atoms with E-state index in [1.54, 1.807) is 17.2 Å². The van der Waals surface area contributed by atoms with Gasteiger partial charge in [-0.2, -0.15) is 0 Å². The third-order valence-corrected chi connectivity index (χ3v) is 7.59. The van der Waals surface area contributed by atoms with Crippen LogP contribution in [0.3, 0.4) is 0 Å². The Kier molecular flexibility index (Phi) is 4.97. The summed E-state index contributed by atoms with van der Waals surface area (Å²) in [5, 5.41) is 0. The largest absolute Gasteiger partial charge is 0.463 e. The fraction of sp³-hybridized carbons (Fsp3) is 0.688. The number of rotatable bonds is 6. The van der Waals surface area contributed by atoms with Gasteiger partial charge in [-0.15, -0.1) is 0 Å². The molecule has 25 heavy (non-hydrogen) atoms. The van der Waals surface area contributed by atoms with E-state index >= 15 is 0 Å². The fourth-order valence-electron chi connectivity index (χ4n) is 3.44. The minimum atomic E-state index is -3.25. The van der Waals surface area contributed by atoms with Crippen LogP contribution in [0.5, 0.6) is 6.01 Å². The molecule has 1 amide bonds. The van der Waals surface area contributed by atoms with Gasteiger partial charge in [0.2, 0.25) is 5.91 Å². The first-order valence-electron chi connectivity index (χ1n) is 8.38. The maximum Gasteiger partial charge on any atom is 0.316 e. The Morgan fingerprint density at radius 3 is 2.88 bits per heavy atom. The minimum Gasteiger partial charge on any atom is -0.463 e. The summed E-state index contributed by atoms with van der Waals surface area (Å²) in [6.07, 6.45) is 2.14. The van der Waals surface area contributed by atoms with E-state index < -0.39 is 14.6 Å². The summed E-state index contributed by atoms with van der Waals surface area (Å²) >= 11 is 0. The van der Waals surface area contributed by atoms with E-state index in [2.05, 4.69) is 9.97 Å². The minimum absolute atomic E-state index is 0.00900. The first kappa shape index (κ1) is 18.1. The maximum atomic E-state index is 12.6. The van der Waals surface area contributed by atoms with Crippen LogP contribution in [-0.2, 0) is 19.4 Å². The Labute approximate surface area is 147 Å². The van der Waals surface area contributed by atoms with Crippen LogP contribution in [0.1, 0.15) is 19.0 Å². The monoisotopic (exact) mass is 369 g/mol. The van der Waals surface area contributed by atoms with E-state index in [0.29, 0.717) is 13.0 Å². The molecule has 1 atom stereocenters. The van der Waals surface area contributed by atoms with Crippen molar-refractivity contribution in [2.75, 3.05) is 38.7 Å². The van der Waals surface area contributed by atoms with E-state index in [1.165, 1.54) is 0 Å². The summed E-state index contributed by atoms with van der Waals surface area (Å²) in [6.45, 7) is 4.75. The van der Waals surface area contributed by atoms with E-state index in [0.717, 1.165) is 5.69 Å². The van der Waals surface area contributed by atoms with Gasteiger partial charge in [0.15, 0.2) is 9.84 Å². The zero-order chi connectivity index (χ0) is 18.1. The highest BCUT2D eigenvalue weighted by atomic mass is 32.2. The van der Waals surface area contributed by atoms with Crippen LogP contribution in [0.2, 0.25) is 0 Å². The lowest BCUT2D eigenvalue weighted by Gasteiger charge is -2.49. The van der Waals surface area contributed by atoms with Gasteiger partial charge in [0, 0.05) is 37.5 Å². The number of hydrogen-bond acceptors (Lipinski definition) is 7. The maximum absolute atomic E-state index is 12.6. The molecule has 1 aromatic heterocycles. The van der Waals surface area contributed by atoms with Crippen molar-refractivity contribution in [3.05, 3.63) is 18.0 Å². The van der Waals surface area contributed by atoms with Crippen molar-refractivity contribution in [2.45, 2.75) is 25.0 Å². The smallest absolute Gasteiger partial charge is 0.316 e. The number of nitrogens with zero attached hydrogens (tertiary/aromatic N) is 3. The van der Waals surface area contributed by atoms with Gasteiger partial charge in [-0.1, -0.05) is 0 Å². The number of hydrogen-bond donors (Lipinski definition) is 0. The average Bonchev–Trinajstić information content (AvgIpc) is 2.80. The number of carbonyl (C=O) groups is 1. The van der Waals surface area contributed by atoms with Crippen molar-refractivity contribution in [1.82, 2.24) is 14.9 Å². The molecule has 0 saturated carbocycles. The van der Waals surface area contributed by atoms with Crippen molar-refractivity contribution in [2.24, 2.45) is 5.92 Å².